The first-order chi connectivity index (χ1) is 12.7. The Kier molecular flexibility index (Phi) is 4.33. The van der Waals surface area contributed by atoms with E-state index in [0.29, 0.717) is 23.0 Å². The van der Waals surface area contributed by atoms with Gasteiger partial charge in [-0.15, -0.1) is 11.3 Å². The van der Waals surface area contributed by atoms with Gasteiger partial charge in [-0.25, -0.2) is 0 Å². The number of hydrogen-bond acceptors (Lipinski definition) is 4. The number of amides is 1. The highest BCUT2D eigenvalue weighted by molar-refractivity contribution is 7.09. The third-order valence-electron chi connectivity index (χ3n) is 4.02. The van der Waals surface area contributed by atoms with Gasteiger partial charge in [0, 0.05) is 10.3 Å². The molecule has 2 heterocycles. The van der Waals surface area contributed by atoms with E-state index in [0.717, 1.165) is 4.88 Å². The smallest absolute Gasteiger partial charge is 0.279 e. The maximum atomic E-state index is 12.8. The van der Waals surface area contributed by atoms with E-state index >= 15 is 0 Å². The molecule has 0 spiro atoms. The second kappa shape index (κ2) is 6.93. The van der Waals surface area contributed by atoms with Gasteiger partial charge < -0.3 is 5.32 Å². The van der Waals surface area contributed by atoms with Crippen molar-refractivity contribution in [1.82, 2.24) is 15.1 Å². The van der Waals surface area contributed by atoms with Gasteiger partial charge in [0.15, 0.2) is 5.69 Å². The van der Waals surface area contributed by atoms with Crippen LogP contribution in [0.5, 0.6) is 0 Å². The van der Waals surface area contributed by atoms with Crippen LogP contribution in [-0.2, 0) is 6.54 Å². The van der Waals surface area contributed by atoms with Crippen LogP contribution in [0.4, 0.5) is 0 Å². The van der Waals surface area contributed by atoms with Crippen molar-refractivity contribution < 1.29 is 4.79 Å². The molecule has 0 bridgehead atoms. The normalized spacial score (nSPS) is 10.8. The monoisotopic (exact) mass is 361 g/mol. The highest BCUT2D eigenvalue weighted by Crippen LogP contribution is 2.16. The number of carbonyl (C=O) groups excluding carboxylic acids is 1. The minimum Gasteiger partial charge on any atom is -0.346 e. The summed E-state index contributed by atoms with van der Waals surface area (Å²) in [5.41, 5.74) is 0.609. The number of nitrogens with zero attached hydrogens (tertiary/aromatic N) is 2. The van der Waals surface area contributed by atoms with Crippen LogP contribution in [0.1, 0.15) is 15.4 Å². The van der Waals surface area contributed by atoms with Gasteiger partial charge in [0.2, 0.25) is 0 Å². The quantitative estimate of drug-likeness (QED) is 0.606. The molecule has 2 aromatic heterocycles. The van der Waals surface area contributed by atoms with Gasteiger partial charge in [0.1, 0.15) is 0 Å². The van der Waals surface area contributed by atoms with Gasteiger partial charge >= 0.3 is 0 Å². The molecule has 4 rings (SSSR count). The number of para-hydroxylation sites is 1. The Hall–Kier alpha value is -3.25. The summed E-state index contributed by atoms with van der Waals surface area (Å²) >= 11 is 1.58. The molecule has 5 nitrogen and oxygen atoms in total. The lowest BCUT2D eigenvalue weighted by atomic mass is 10.1. The molecule has 0 fully saturated rings. The lowest BCUT2D eigenvalue weighted by Crippen LogP contribution is -2.29. The van der Waals surface area contributed by atoms with Crippen LogP contribution >= 0.6 is 11.3 Å². The molecule has 26 heavy (non-hydrogen) atoms. The highest BCUT2D eigenvalue weighted by atomic mass is 32.1. The third-order valence-corrected chi connectivity index (χ3v) is 4.90. The Morgan fingerprint density at radius 2 is 1.69 bits per heavy atom. The van der Waals surface area contributed by atoms with Crippen LogP contribution in [0, 0.1) is 0 Å². The van der Waals surface area contributed by atoms with E-state index in [2.05, 4.69) is 10.4 Å². The van der Waals surface area contributed by atoms with Crippen molar-refractivity contribution >= 4 is 28.0 Å². The first-order valence-electron chi connectivity index (χ1n) is 8.12. The lowest BCUT2D eigenvalue weighted by Gasteiger charge is -2.11. The molecule has 0 saturated carbocycles. The van der Waals surface area contributed by atoms with E-state index < -0.39 is 0 Å². The van der Waals surface area contributed by atoms with E-state index in [1.54, 1.807) is 47.7 Å². The number of hydrogen-bond donors (Lipinski definition) is 1. The summed E-state index contributed by atoms with van der Waals surface area (Å²) in [5.74, 6) is -0.306. The van der Waals surface area contributed by atoms with Crippen LogP contribution in [0.2, 0.25) is 0 Å². The van der Waals surface area contributed by atoms with Crippen LogP contribution in [-0.4, -0.2) is 15.7 Å². The largest absolute Gasteiger partial charge is 0.346 e. The summed E-state index contributed by atoms with van der Waals surface area (Å²) in [5, 5.41) is 10.2. The predicted octanol–water partition coefficient (Wildman–Crippen LogP) is 3.38. The number of carbonyl (C=O) groups is 1. The van der Waals surface area contributed by atoms with Crippen molar-refractivity contribution in [2.24, 2.45) is 0 Å². The zero-order valence-electron chi connectivity index (χ0n) is 13.8. The fraction of sp³-hybridized carbons (Fsp3) is 0.0500. The molecule has 0 radical (unpaired) electrons. The zero-order valence-corrected chi connectivity index (χ0v) is 14.6. The summed E-state index contributed by atoms with van der Waals surface area (Å²) < 4.78 is 1.28. The fourth-order valence-corrected chi connectivity index (χ4v) is 3.41. The molecule has 128 valence electrons. The Morgan fingerprint density at radius 1 is 0.962 bits per heavy atom. The van der Waals surface area contributed by atoms with Gasteiger partial charge in [-0.3, -0.25) is 9.59 Å². The molecule has 0 aliphatic rings. The average molecular weight is 361 g/mol. The molecule has 0 saturated heterocycles. The second-order valence-corrected chi connectivity index (χ2v) is 6.74. The standard InChI is InChI=1S/C20H15N3O2S/c24-19(21-13-15-9-6-12-26-15)18-16-10-4-5-11-17(16)20(25)23(22-18)14-7-2-1-3-8-14/h1-12H,13H2,(H,21,24). The van der Waals surface area contributed by atoms with Crippen molar-refractivity contribution in [2.75, 3.05) is 0 Å². The molecule has 6 heteroatoms. The summed E-state index contributed by atoms with van der Waals surface area (Å²) in [6.45, 7) is 0.428. The molecular weight excluding hydrogens is 346 g/mol. The SMILES string of the molecule is O=C(NCc1cccs1)c1nn(-c2ccccc2)c(=O)c2ccccc12. The second-order valence-electron chi connectivity index (χ2n) is 5.71. The molecule has 1 amide bonds. The van der Waals surface area contributed by atoms with Crippen molar-refractivity contribution in [3.8, 4) is 5.69 Å². The molecular formula is C20H15N3O2S. The molecule has 0 aliphatic carbocycles. The van der Waals surface area contributed by atoms with E-state index in [-0.39, 0.29) is 17.2 Å². The molecule has 0 unspecified atom stereocenters. The maximum Gasteiger partial charge on any atom is 0.279 e. The maximum absolute atomic E-state index is 12.8. The van der Waals surface area contributed by atoms with Crippen molar-refractivity contribution in [3.05, 3.63) is 93.0 Å². The van der Waals surface area contributed by atoms with E-state index in [4.69, 9.17) is 0 Å². The topological polar surface area (TPSA) is 64.0 Å². The van der Waals surface area contributed by atoms with Gasteiger partial charge in [-0.05, 0) is 29.6 Å². The van der Waals surface area contributed by atoms with E-state index in [9.17, 15) is 9.59 Å². The molecule has 0 aliphatic heterocycles. The first-order valence-corrected chi connectivity index (χ1v) is 9.00. The molecule has 4 aromatic rings. The molecule has 2 aromatic carbocycles. The Balaban J connectivity index is 1.81. The summed E-state index contributed by atoms with van der Waals surface area (Å²) in [4.78, 5) is 26.6. The molecule has 0 atom stereocenters. The third kappa shape index (κ3) is 3.02. The van der Waals surface area contributed by atoms with E-state index in [1.807, 2.05) is 35.7 Å². The Bertz CT molecular complexity index is 1120. The van der Waals surface area contributed by atoms with Crippen LogP contribution < -0.4 is 10.9 Å². The molecule has 1 N–H and O–H groups in total. The average Bonchev–Trinajstić information content (AvgIpc) is 3.21. The van der Waals surface area contributed by atoms with Crippen molar-refractivity contribution in [1.29, 1.82) is 0 Å². The van der Waals surface area contributed by atoms with Crippen LogP contribution in [0.25, 0.3) is 16.5 Å². The zero-order chi connectivity index (χ0) is 17.9. The minimum atomic E-state index is -0.306. The summed E-state index contributed by atoms with van der Waals surface area (Å²) in [6.07, 6.45) is 0. The Labute approximate surface area is 153 Å². The summed E-state index contributed by atoms with van der Waals surface area (Å²) in [7, 11) is 0. The number of aromatic nitrogens is 2. The number of rotatable bonds is 4. The summed E-state index contributed by atoms with van der Waals surface area (Å²) in [6, 6.07) is 20.0. The highest BCUT2D eigenvalue weighted by Gasteiger charge is 2.17. The van der Waals surface area contributed by atoms with Gasteiger partial charge in [-0.1, -0.05) is 42.5 Å². The van der Waals surface area contributed by atoms with Crippen LogP contribution in [0.3, 0.4) is 0 Å². The van der Waals surface area contributed by atoms with Gasteiger partial charge in [-0.2, -0.15) is 9.78 Å². The van der Waals surface area contributed by atoms with Crippen molar-refractivity contribution in [2.45, 2.75) is 6.54 Å². The van der Waals surface area contributed by atoms with Crippen molar-refractivity contribution in [3.63, 3.8) is 0 Å². The predicted molar refractivity (Wildman–Crippen MR) is 103 cm³/mol. The van der Waals surface area contributed by atoms with E-state index in [1.165, 1.54) is 4.68 Å². The van der Waals surface area contributed by atoms with Crippen LogP contribution in [0.15, 0.2) is 76.9 Å². The van der Waals surface area contributed by atoms with Gasteiger partial charge in [0.05, 0.1) is 17.6 Å². The number of nitrogens with one attached hydrogen (secondary N) is 1. The lowest BCUT2D eigenvalue weighted by molar-refractivity contribution is 0.0946. The fourth-order valence-electron chi connectivity index (χ4n) is 2.77. The number of fused-ring (bicyclic) bond motifs is 1. The minimum absolute atomic E-state index is 0.237. The van der Waals surface area contributed by atoms with Gasteiger partial charge in [0.25, 0.3) is 11.5 Å². The first kappa shape index (κ1) is 16.2. The Morgan fingerprint density at radius 3 is 2.42 bits per heavy atom. The number of benzene rings is 2. The number of thiophene rings is 1.